The van der Waals surface area contributed by atoms with Crippen molar-refractivity contribution in [3.63, 3.8) is 0 Å². The largest absolute Gasteiger partial charge is 0.462 e. The number of nitrogens with zero attached hydrogens (tertiary/aromatic N) is 1. The molecule has 3 heteroatoms. The SMILES string of the molecule is CC(C)COC(=O)C=Cc1ccc(C#N)cc1. The van der Waals surface area contributed by atoms with Gasteiger partial charge < -0.3 is 4.74 Å². The van der Waals surface area contributed by atoms with Gasteiger partial charge in [-0.2, -0.15) is 5.26 Å². The third-order valence-electron chi connectivity index (χ3n) is 2.01. The second-order valence-corrected chi connectivity index (χ2v) is 4.09. The Kier molecular flexibility index (Phi) is 4.96. The van der Waals surface area contributed by atoms with E-state index in [-0.39, 0.29) is 5.97 Å². The number of hydrogen-bond acceptors (Lipinski definition) is 3. The molecule has 17 heavy (non-hydrogen) atoms. The van der Waals surface area contributed by atoms with Crippen LogP contribution in [-0.2, 0) is 9.53 Å². The maximum atomic E-state index is 11.3. The highest BCUT2D eigenvalue weighted by Crippen LogP contribution is 2.05. The number of ether oxygens (including phenoxy) is 1. The minimum absolute atomic E-state index is 0.335. The molecule has 0 N–H and O–H groups in total. The van der Waals surface area contributed by atoms with Gasteiger partial charge >= 0.3 is 5.97 Å². The van der Waals surface area contributed by atoms with Crippen molar-refractivity contribution >= 4 is 12.0 Å². The molecule has 0 aromatic heterocycles. The Bertz CT molecular complexity index is 438. The molecule has 0 saturated carbocycles. The van der Waals surface area contributed by atoms with Crippen LogP contribution in [-0.4, -0.2) is 12.6 Å². The Hall–Kier alpha value is -2.08. The van der Waals surface area contributed by atoms with Crippen molar-refractivity contribution in [2.24, 2.45) is 5.92 Å². The molecule has 0 atom stereocenters. The van der Waals surface area contributed by atoms with E-state index in [0.717, 1.165) is 5.56 Å². The van der Waals surface area contributed by atoms with Crippen LogP contribution in [0.15, 0.2) is 30.3 Å². The van der Waals surface area contributed by atoms with Gasteiger partial charge in [-0.15, -0.1) is 0 Å². The van der Waals surface area contributed by atoms with Crippen LogP contribution in [0.3, 0.4) is 0 Å². The second-order valence-electron chi connectivity index (χ2n) is 4.09. The summed E-state index contributed by atoms with van der Waals surface area (Å²) in [5.41, 5.74) is 1.47. The van der Waals surface area contributed by atoms with Gasteiger partial charge in [0.25, 0.3) is 0 Å². The first kappa shape index (κ1) is 13.0. The fourth-order valence-electron chi connectivity index (χ4n) is 1.13. The van der Waals surface area contributed by atoms with Crippen molar-refractivity contribution in [1.29, 1.82) is 5.26 Å². The summed E-state index contributed by atoms with van der Waals surface area (Å²) in [6.45, 7) is 4.39. The van der Waals surface area contributed by atoms with Gasteiger partial charge in [0.1, 0.15) is 0 Å². The van der Waals surface area contributed by atoms with Crippen LogP contribution in [0.2, 0.25) is 0 Å². The molecule has 0 aliphatic carbocycles. The molecule has 0 aliphatic rings. The van der Waals surface area contributed by atoms with Gasteiger partial charge in [-0.25, -0.2) is 4.79 Å². The zero-order valence-corrected chi connectivity index (χ0v) is 10.0. The number of hydrogen-bond donors (Lipinski definition) is 0. The molecule has 0 unspecified atom stereocenters. The van der Waals surface area contributed by atoms with Gasteiger partial charge in [-0.3, -0.25) is 0 Å². The smallest absolute Gasteiger partial charge is 0.330 e. The highest BCUT2D eigenvalue weighted by atomic mass is 16.5. The molecule has 0 spiro atoms. The van der Waals surface area contributed by atoms with Gasteiger partial charge in [0, 0.05) is 6.08 Å². The Labute approximate surface area is 101 Å². The van der Waals surface area contributed by atoms with Gasteiger partial charge in [0.2, 0.25) is 0 Å². The van der Waals surface area contributed by atoms with E-state index in [1.807, 2.05) is 19.9 Å². The van der Waals surface area contributed by atoms with Crippen LogP contribution >= 0.6 is 0 Å². The van der Waals surface area contributed by atoms with Crippen molar-refractivity contribution in [2.45, 2.75) is 13.8 Å². The summed E-state index contributed by atoms with van der Waals surface area (Å²) in [5.74, 6) is -0.00896. The molecule has 0 aliphatic heterocycles. The summed E-state index contributed by atoms with van der Waals surface area (Å²) in [6.07, 6.45) is 3.06. The molecule has 0 fully saturated rings. The summed E-state index contributed by atoms with van der Waals surface area (Å²) >= 11 is 0. The lowest BCUT2D eigenvalue weighted by atomic mass is 10.1. The van der Waals surface area contributed by atoms with Crippen LogP contribution in [0.5, 0.6) is 0 Å². The molecule has 3 nitrogen and oxygen atoms in total. The average molecular weight is 229 g/mol. The van der Waals surface area contributed by atoms with E-state index in [0.29, 0.717) is 18.1 Å². The number of carbonyl (C=O) groups is 1. The first-order valence-electron chi connectivity index (χ1n) is 5.47. The molecule has 1 aromatic rings. The van der Waals surface area contributed by atoms with E-state index in [9.17, 15) is 4.79 Å². The molecule has 0 heterocycles. The lowest BCUT2D eigenvalue weighted by Gasteiger charge is -2.03. The summed E-state index contributed by atoms with van der Waals surface area (Å²) in [5, 5.41) is 8.63. The lowest BCUT2D eigenvalue weighted by molar-refractivity contribution is -0.138. The standard InChI is InChI=1S/C14H15NO2/c1-11(2)10-17-14(16)8-7-12-3-5-13(9-15)6-4-12/h3-8,11H,10H2,1-2H3. The number of esters is 1. The van der Waals surface area contributed by atoms with Gasteiger partial charge in [0.15, 0.2) is 0 Å². The van der Waals surface area contributed by atoms with E-state index < -0.39 is 0 Å². The third kappa shape index (κ3) is 4.98. The van der Waals surface area contributed by atoms with Crippen LogP contribution in [0.25, 0.3) is 6.08 Å². The second kappa shape index (κ2) is 6.49. The van der Waals surface area contributed by atoms with Gasteiger partial charge in [-0.1, -0.05) is 26.0 Å². The van der Waals surface area contributed by atoms with Gasteiger partial charge in [-0.05, 0) is 29.7 Å². The van der Waals surface area contributed by atoms with Crippen LogP contribution in [0, 0.1) is 17.2 Å². The molecule has 0 bridgehead atoms. The highest BCUT2D eigenvalue weighted by molar-refractivity contribution is 5.87. The first-order chi connectivity index (χ1) is 8.11. The fourth-order valence-corrected chi connectivity index (χ4v) is 1.13. The minimum atomic E-state index is -0.344. The van der Waals surface area contributed by atoms with E-state index >= 15 is 0 Å². The van der Waals surface area contributed by atoms with Crippen molar-refractivity contribution in [3.05, 3.63) is 41.5 Å². The third-order valence-corrected chi connectivity index (χ3v) is 2.01. The predicted octanol–water partition coefficient (Wildman–Crippen LogP) is 2.77. The van der Waals surface area contributed by atoms with Gasteiger partial charge in [0.05, 0.1) is 18.2 Å². The average Bonchev–Trinajstić information content (AvgIpc) is 2.34. The topological polar surface area (TPSA) is 50.1 Å². The van der Waals surface area contributed by atoms with E-state index in [2.05, 4.69) is 0 Å². The Morgan fingerprint density at radius 1 is 1.41 bits per heavy atom. The van der Waals surface area contributed by atoms with E-state index in [4.69, 9.17) is 10.00 Å². The zero-order valence-electron chi connectivity index (χ0n) is 10.0. The summed E-state index contributed by atoms with van der Waals surface area (Å²) in [6, 6.07) is 9.02. The van der Waals surface area contributed by atoms with E-state index in [1.165, 1.54) is 6.08 Å². The quantitative estimate of drug-likeness (QED) is 0.589. The first-order valence-corrected chi connectivity index (χ1v) is 5.47. The Morgan fingerprint density at radius 3 is 2.59 bits per heavy atom. The number of rotatable bonds is 4. The molecule has 0 radical (unpaired) electrons. The lowest BCUT2D eigenvalue weighted by Crippen LogP contribution is -2.06. The number of benzene rings is 1. The van der Waals surface area contributed by atoms with Crippen molar-refractivity contribution in [2.75, 3.05) is 6.61 Å². The van der Waals surface area contributed by atoms with Crippen molar-refractivity contribution in [1.82, 2.24) is 0 Å². The molecule has 1 aromatic carbocycles. The molecular formula is C14H15NO2. The Balaban J connectivity index is 2.52. The van der Waals surface area contributed by atoms with Crippen LogP contribution in [0.4, 0.5) is 0 Å². The highest BCUT2D eigenvalue weighted by Gasteiger charge is 1.99. The molecule has 88 valence electrons. The number of carbonyl (C=O) groups excluding carboxylic acids is 1. The zero-order chi connectivity index (χ0) is 12.7. The summed E-state index contributed by atoms with van der Waals surface area (Å²) < 4.78 is 4.99. The van der Waals surface area contributed by atoms with E-state index in [1.54, 1.807) is 30.3 Å². The predicted molar refractivity (Wildman–Crippen MR) is 66.0 cm³/mol. The molecule has 0 amide bonds. The molecule has 1 rings (SSSR count). The van der Waals surface area contributed by atoms with Crippen molar-refractivity contribution < 1.29 is 9.53 Å². The molecular weight excluding hydrogens is 214 g/mol. The summed E-state index contributed by atoms with van der Waals surface area (Å²) in [4.78, 5) is 11.3. The van der Waals surface area contributed by atoms with Crippen LogP contribution in [0.1, 0.15) is 25.0 Å². The Morgan fingerprint density at radius 2 is 2.06 bits per heavy atom. The van der Waals surface area contributed by atoms with Crippen molar-refractivity contribution in [3.8, 4) is 6.07 Å². The molecule has 0 saturated heterocycles. The minimum Gasteiger partial charge on any atom is -0.462 e. The summed E-state index contributed by atoms with van der Waals surface area (Å²) in [7, 11) is 0. The maximum absolute atomic E-state index is 11.3. The normalized spacial score (nSPS) is 10.5. The monoisotopic (exact) mass is 229 g/mol. The number of nitriles is 1. The van der Waals surface area contributed by atoms with Crippen LogP contribution < -0.4 is 0 Å². The fraction of sp³-hybridized carbons (Fsp3) is 0.286. The maximum Gasteiger partial charge on any atom is 0.330 e.